The van der Waals surface area contributed by atoms with Gasteiger partial charge in [0.25, 0.3) is 5.91 Å². The third kappa shape index (κ3) is 4.13. The number of hydrogen-bond donors (Lipinski definition) is 2. The smallest absolute Gasteiger partial charge is 0.251 e. The summed E-state index contributed by atoms with van der Waals surface area (Å²) in [7, 11) is 0. The molecule has 0 radical (unpaired) electrons. The number of carbonyl (C=O) groups excluding carboxylic acids is 1. The third-order valence-electron chi connectivity index (χ3n) is 5.32. The highest BCUT2D eigenvalue weighted by molar-refractivity contribution is 5.94. The van der Waals surface area contributed by atoms with Crippen LogP contribution < -0.4 is 10.2 Å². The van der Waals surface area contributed by atoms with E-state index in [1.807, 2.05) is 13.0 Å². The molecule has 1 atom stereocenters. The molecule has 0 aliphatic carbocycles. The lowest BCUT2D eigenvalue weighted by molar-refractivity contribution is 0.0955. The standard InChI is InChI=1S/C22H24FN5O/c1-2-24-22(29)16-9-10-25-20(12-16)28-11-3-4-17(14-28)21-19(13-26-27-21)15-5-7-18(23)8-6-15/h5-10,12-13,17H,2-4,11,14H2,1H3,(H,24,29)(H,26,27)/t17-/m0/s1. The average Bonchev–Trinajstić information content (AvgIpc) is 3.25. The van der Waals surface area contributed by atoms with Crippen LogP contribution in [-0.2, 0) is 0 Å². The molecule has 1 aliphatic heterocycles. The number of aromatic amines is 1. The van der Waals surface area contributed by atoms with Gasteiger partial charge >= 0.3 is 0 Å². The minimum Gasteiger partial charge on any atom is -0.356 e. The van der Waals surface area contributed by atoms with Crippen molar-refractivity contribution in [3.05, 3.63) is 65.9 Å². The van der Waals surface area contributed by atoms with E-state index in [1.165, 1.54) is 12.1 Å². The van der Waals surface area contributed by atoms with Gasteiger partial charge in [-0.1, -0.05) is 12.1 Å². The van der Waals surface area contributed by atoms with Crippen molar-refractivity contribution in [1.82, 2.24) is 20.5 Å². The number of rotatable bonds is 5. The molecule has 0 unspecified atom stereocenters. The molecule has 1 amide bonds. The number of nitrogens with zero attached hydrogens (tertiary/aromatic N) is 3. The molecule has 3 aromatic rings. The maximum absolute atomic E-state index is 13.3. The van der Waals surface area contributed by atoms with Gasteiger partial charge in [-0.05, 0) is 49.6 Å². The van der Waals surface area contributed by atoms with E-state index < -0.39 is 0 Å². The molecule has 4 rings (SSSR count). The fourth-order valence-electron chi connectivity index (χ4n) is 3.88. The van der Waals surface area contributed by atoms with Crippen LogP contribution in [0.3, 0.4) is 0 Å². The summed E-state index contributed by atoms with van der Waals surface area (Å²) in [6, 6.07) is 10.1. The second kappa shape index (κ2) is 8.43. The van der Waals surface area contributed by atoms with E-state index in [1.54, 1.807) is 30.6 Å². The van der Waals surface area contributed by atoms with Crippen LogP contribution in [0.2, 0.25) is 0 Å². The zero-order valence-electron chi connectivity index (χ0n) is 16.4. The van der Waals surface area contributed by atoms with Crippen molar-refractivity contribution < 1.29 is 9.18 Å². The molecule has 150 valence electrons. The minimum absolute atomic E-state index is 0.0862. The van der Waals surface area contributed by atoms with Gasteiger partial charge in [0.1, 0.15) is 11.6 Å². The number of benzene rings is 1. The number of nitrogens with one attached hydrogen (secondary N) is 2. The van der Waals surface area contributed by atoms with Crippen LogP contribution in [0.1, 0.15) is 41.7 Å². The number of amides is 1. The van der Waals surface area contributed by atoms with E-state index in [9.17, 15) is 9.18 Å². The molecule has 1 fully saturated rings. The molecule has 3 heterocycles. The van der Waals surface area contributed by atoms with E-state index in [0.29, 0.717) is 12.1 Å². The molecule has 6 nitrogen and oxygen atoms in total. The Kier molecular flexibility index (Phi) is 5.55. The van der Waals surface area contributed by atoms with Crippen LogP contribution in [0.15, 0.2) is 48.8 Å². The lowest BCUT2D eigenvalue weighted by Gasteiger charge is -2.33. The zero-order valence-corrected chi connectivity index (χ0v) is 16.4. The highest BCUT2D eigenvalue weighted by Gasteiger charge is 2.26. The predicted octanol–water partition coefficient (Wildman–Crippen LogP) is 3.74. The normalized spacial score (nSPS) is 16.6. The molecule has 7 heteroatoms. The number of pyridine rings is 1. The Bertz CT molecular complexity index is 985. The quantitative estimate of drug-likeness (QED) is 0.692. The van der Waals surface area contributed by atoms with Gasteiger partial charge in [-0.25, -0.2) is 9.37 Å². The molecule has 1 aromatic carbocycles. The van der Waals surface area contributed by atoms with E-state index in [0.717, 1.165) is 48.6 Å². The molecule has 1 aliphatic rings. The Morgan fingerprint density at radius 2 is 2.14 bits per heavy atom. The maximum Gasteiger partial charge on any atom is 0.251 e. The van der Waals surface area contributed by atoms with Crippen LogP contribution in [0.5, 0.6) is 0 Å². The average molecular weight is 393 g/mol. The predicted molar refractivity (Wildman–Crippen MR) is 110 cm³/mol. The summed E-state index contributed by atoms with van der Waals surface area (Å²) < 4.78 is 13.3. The summed E-state index contributed by atoms with van der Waals surface area (Å²) in [6.45, 7) is 4.16. The largest absolute Gasteiger partial charge is 0.356 e. The Morgan fingerprint density at radius 3 is 2.93 bits per heavy atom. The van der Waals surface area contributed by atoms with Gasteiger partial charge in [-0.3, -0.25) is 9.89 Å². The van der Waals surface area contributed by atoms with Gasteiger partial charge in [0, 0.05) is 48.6 Å². The van der Waals surface area contributed by atoms with Gasteiger partial charge in [0.2, 0.25) is 0 Å². The minimum atomic E-state index is -0.249. The lowest BCUT2D eigenvalue weighted by Crippen LogP contribution is -2.35. The van der Waals surface area contributed by atoms with E-state index in [2.05, 4.69) is 25.4 Å². The molecule has 0 spiro atoms. The topological polar surface area (TPSA) is 73.9 Å². The van der Waals surface area contributed by atoms with Gasteiger partial charge < -0.3 is 10.2 Å². The van der Waals surface area contributed by atoms with Crippen molar-refractivity contribution in [2.45, 2.75) is 25.7 Å². The third-order valence-corrected chi connectivity index (χ3v) is 5.32. The molecular formula is C22H24FN5O. The summed E-state index contributed by atoms with van der Waals surface area (Å²) >= 11 is 0. The van der Waals surface area contributed by atoms with Crippen molar-refractivity contribution in [1.29, 1.82) is 0 Å². The van der Waals surface area contributed by atoms with Crippen molar-refractivity contribution in [3.63, 3.8) is 0 Å². The van der Waals surface area contributed by atoms with Crippen LogP contribution >= 0.6 is 0 Å². The van der Waals surface area contributed by atoms with Crippen molar-refractivity contribution >= 4 is 11.7 Å². The van der Waals surface area contributed by atoms with Crippen LogP contribution in [0.25, 0.3) is 11.1 Å². The molecule has 0 bridgehead atoms. The highest BCUT2D eigenvalue weighted by Crippen LogP contribution is 2.34. The number of halogens is 1. The highest BCUT2D eigenvalue weighted by atomic mass is 19.1. The van der Waals surface area contributed by atoms with Crippen molar-refractivity contribution in [2.24, 2.45) is 0 Å². The summed E-state index contributed by atoms with van der Waals surface area (Å²) in [4.78, 5) is 18.9. The second-order valence-corrected chi connectivity index (χ2v) is 7.25. The van der Waals surface area contributed by atoms with Crippen LogP contribution in [0, 0.1) is 5.82 Å². The second-order valence-electron chi connectivity index (χ2n) is 7.25. The summed E-state index contributed by atoms with van der Waals surface area (Å²) in [5.41, 5.74) is 3.62. The fraction of sp³-hybridized carbons (Fsp3) is 0.318. The number of aromatic nitrogens is 3. The molecule has 0 saturated carbocycles. The number of carbonyl (C=O) groups is 1. The van der Waals surface area contributed by atoms with Gasteiger partial charge in [0.05, 0.1) is 6.20 Å². The first-order valence-electron chi connectivity index (χ1n) is 9.94. The van der Waals surface area contributed by atoms with E-state index >= 15 is 0 Å². The van der Waals surface area contributed by atoms with Crippen LogP contribution in [-0.4, -0.2) is 40.7 Å². The Labute approximate surface area is 169 Å². The lowest BCUT2D eigenvalue weighted by atomic mass is 9.90. The summed E-state index contributed by atoms with van der Waals surface area (Å²) in [5, 5.41) is 10.2. The summed E-state index contributed by atoms with van der Waals surface area (Å²) in [5.74, 6) is 0.722. The monoisotopic (exact) mass is 393 g/mol. The number of H-pyrrole nitrogens is 1. The van der Waals surface area contributed by atoms with Gasteiger partial charge in [-0.15, -0.1) is 0 Å². The summed E-state index contributed by atoms with van der Waals surface area (Å²) in [6.07, 6.45) is 5.53. The SMILES string of the molecule is CCNC(=O)c1ccnc(N2CCC[C@H](c3[nH]ncc3-c3ccc(F)cc3)C2)c1. The molecule has 1 saturated heterocycles. The Hall–Kier alpha value is -3.22. The molecule has 29 heavy (non-hydrogen) atoms. The molecule has 2 aromatic heterocycles. The first-order valence-corrected chi connectivity index (χ1v) is 9.94. The first-order chi connectivity index (χ1) is 14.2. The van der Waals surface area contributed by atoms with Gasteiger partial charge in [0.15, 0.2) is 0 Å². The van der Waals surface area contributed by atoms with E-state index in [-0.39, 0.29) is 17.6 Å². The van der Waals surface area contributed by atoms with Gasteiger partial charge in [-0.2, -0.15) is 5.10 Å². The number of piperidine rings is 1. The fourth-order valence-corrected chi connectivity index (χ4v) is 3.88. The number of anilines is 1. The first kappa shape index (κ1) is 19.1. The maximum atomic E-state index is 13.3. The van der Waals surface area contributed by atoms with Crippen molar-refractivity contribution in [3.8, 4) is 11.1 Å². The Morgan fingerprint density at radius 1 is 1.31 bits per heavy atom. The van der Waals surface area contributed by atoms with Crippen LogP contribution in [0.4, 0.5) is 10.2 Å². The van der Waals surface area contributed by atoms with Crippen molar-refractivity contribution in [2.75, 3.05) is 24.5 Å². The van der Waals surface area contributed by atoms with E-state index in [4.69, 9.17) is 0 Å². The number of hydrogen-bond acceptors (Lipinski definition) is 4. The zero-order chi connectivity index (χ0) is 20.2. The molecular weight excluding hydrogens is 369 g/mol. The Balaban J connectivity index is 1.56. The molecule has 2 N–H and O–H groups in total.